The first-order valence-corrected chi connectivity index (χ1v) is 6.31. The minimum Gasteiger partial charge on any atom is -0.339 e. The highest BCUT2D eigenvalue weighted by Crippen LogP contribution is 2.40. The molecule has 1 heterocycles. The molecule has 1 fully saturated rings. The summed E-state index contributed by atoms with van der Waals surface area (Å²) in [5, 5.41) is 3.53. The van der Waals surface area contributed by atoms with Crippen LogP contribution in [0.4, 0.5) is 8.78 Å². The smallest absolute Gasteiger partial charge is 0.248 e. The van der Waals surface area contributed by atoms with Crippen molar-refractivity contribution in [3.8, 4) is 0 Å². The molecule has 0 N–H and O–H groups in total. The molecule has 0 saturated heterocycles. The Kier molecular flexibility index (Phi) is 3.66. The lowest BCUT2D eigenvalue weighted by atomic mass is 9.87. The summed E-state index contributed by atoms with van der Waals surface area (Å²) in [6, 6.07) is 0. The fraction of sp³-hybridized carbons (Fsp3) is 0.818. The molecule has 1 atom stereocenters. The Morgan fingerprint density at radius 1 is 1.47 bits per heavy atom. The molecule has 96 valence electrons. The molecule has 1 aromatic heterocycles. The third kappa shape index (κ3) is 2.94. The molecule has 0 aliphatic heterocycles. The van der Waals surface area contributed by atoms with Gasteiger partial charge in [-0.2, -0.15) is 4.98 Å². The van der Waals surface area contributed by atoms with Crippen LogP contribution in [0.15, 0.2) is 4.52 Å². The molecule has 1 aliphatic rings. The Morgan fingerprint density at radius 2 is 2.12 bits per heavy atom. The molecule has 0 bridgehead atoms. The summed E-state index contributed by atoms with van der Waals surface area (Å²) in [7, 11) is 0. The molecule has 0 spiro atoms. The highest BCUT2D eigenvalue weighted by atomic mass is 35.5. The van der Waals surface area contributed by atoms with Crippen LogP contribution in [-0.4, -0.2) is 16.1 Å². The van der Waals surface area contributed by atoms with Crippen molar-refractivity contribution in [1.29, 1.82) is 0 Å². The number of nitrogens with zero attached hydrogens (tertiary/aromatic N) is 2. The van der Waals surface area contributed by atoms with Crippen molar-refractivity contribution < 1.29 is 13.3 Å². The molecular formula is C11H15ClF2N2O. The highest BCUT2D eigenvalue weighted by molar-refractivity contribution is 6.20. The van der Waals surface area contributed by atoms with Crippen molar-refractivity contribution in [1.82, 2.24) is 10.1 Å². The summed E-state index contributed by atoms with van der Waals surface area (Å²) in [6.07, 6.45) is 1.30. The summed E-state index contributed by atoms with van der Waals surface area (Å²) in [5.41, 5.74) is 0. The summed E-state index contributed by atoms with van der Waals surface area (Å²) >= 11 is 5.98. The maximum absolute atomic E-state index is 13.0. The molecule has 1 aromatic rings. The zero-order chi connectivity index (χ0) is 12.5. The number of halogens is 3. The maximum Gasteiger partial charge on any atom is 0.248 e. The second-order valence-electron chi connectivity index (χ2n) is 4.50. The van der Waals surface area contributed by atoms with Crippen LogP contribution < -0.4 is 0 Å². The van der Waals surface area contributed by atoms with E-state index in [2.05, 4.69) is 10.1 Å². The second-order valence-corrected chi connectivity index (χ2v) is 5.02. The van der Waals surface area contributed by atoms with Gasteiger partial charge in [-0.15, -0.1) is 11.6 Å². The van der Waals surface area contributed by atoms with Crippen LogP contribution in [0.5, 0.6) is 0 Å². The quantitative estimate of drug-likeness (QED) is 0.773. The minimum absolute atomic E-state index is 0.0448. The fourth-order valence-electron chi connectivity index (χ4n) is 2.01. The third-order valence-corrected chi connectivity index (χ3v) is 3.67. The maximum atomic E-state index is 13.0. The first-order chi connectivity index (χ1) is 8.02. The van der Waals surface area contributed by atoms with Crippen LogP contribution in [-0.2, 0) is 0 Å². The van der Waals surface area contributed by atoms with Gasteiger partial charge in [-0.25, -0.2) is 8.78 Å². The predicted molar refractivity (Wildman–Crippen MR) is 59.3 cm³/mol. The lowest BCUT2D eigenvalue weighted by Gasteiger charge is -2.25. The van der Waals surface area contributed by atoms with Gasteiger partial charge < -0.3 is 4.52 Å². The lowest BCUT2D eigenvalue weighted by molar-refractivity contribution is -0.0402. The molecule has 1 unspecified atom stereocenters. The van der Waals surface area contributed by atoms with Gasteiger partial charge in [0.25, 0.3) is 0 Å². The molecule has 2 rings (SSSR count). The number of hydrogen-bond donors (Lipinski definition) is 0. The van der Waals surface area contributed by atoms with Crippen molar-refractivity contribution in [2.45, 2.75) is 56.2 Å². The molecule has 0 amide bonds. The molecule has 1 saturated carbocycles. The van der Waals surface area contributed by atoms with Gasteiger partial charge in [0.05, 0.1) is 5.38 Å². The first kappa shape index (κ1) is 12.7. The average Bonchev–Trinajstić information content (AvgIpc) is 2.77. The Hall–Kier alpha value is -0.710. The number of alkyl halides is 3. The van der Waals surface area contributed by atoms with Gasteiger partial charge in [0.15, 0.2) is 5.82 Å². The van der Waals surface area contributed by atoms with E-state index in [1.165, 1.54) is 0 Å². The van der Waals surface area contributed by atoms with Crippen molar-refractivity contribution in [2.75, 3.05) is 0 Å². The van der Waals surface area contributed by atoms with E-state index in [1.807, 2.05) is 6.92 Å². The molecular weight excluding hydrogens is 250 g/mol. The van der Waals surface area contributed by atoms with Crippen LogP contribution in [0.1, 0.15) is 62.0 Å². The topological polar surface area (TPSA) is 38.9 Å². The monoisotopic (exact) mass is 264 g/mol. The van der Waals surface area contributed by atoms with E-state index in [9.17, 15) is 8.78 Å². The molecule has 1 aliphatic carbocycles. The molecule has 17 heavy (non-hydrogen) atoms. The Balaban J connectivity index is 2.01. The van der Waals surface area contributed by atoms with E-state index in [4.69, 9.17) is 16.1 Å². The molecule has 0 aromatic carbocycles. The van der Waals surface area contributed by atoms with E-state index in [-0.39, 0.29) is 24.1 Å². The van der Waals surface area contributed by atoms with Crippen LogP contribution in [0.2, 0.25) is 0 Å². The Bertz CT molecular complexity index is 373. The van der Waals surface area contributed by atoms with Crippen LogP contribution in [0.3, 0.4) is 0 Å². The van der Waals surface area contributed by atoms with Gasteiger partial charge in [-0.05, 0) is 19.3 Å². The van der Waals surface area contributed by atoms with Gasteiger partial charge in [0.2, 0.25) is 11.8 Å². The Labute approximate surface area is 104 Å². The van der Waals surface area contributed by atoms with E-state index in [0.29, 0.717) is 31.0 Å². The number of rotatable bonds is 3. The van der Waals surface area contributed by atoms with Crippen LogP contribution >= 0.6 is 11.6 Å². The van der Waals surface area contributed by atoms with Gasteiger partial charge >= 0.3 is 0 Å². The molecule has 0 radical (unpaired) electrons. The SMILES string of the molecule is CCC(Cl)c1noc(C2CCC(F)(F)CC2)n1. The Morgan fingerprint density at radius 3 is 2.71 bits per heavy atom. The molecule has 3 nitrogen and oxygen atoms in total. The fourth-order valence-corrected chi connectivity index (χ4v) is 2.10. The third-order valence-electron chi connectivity index (χ3n) is 3.16. The van der Waals surface area contributed by atoms with Gasteiger partial charge in [-0.3, -0.25) is 0 Å². The first-order valence-electron chi connectivity index (χ1n) is 5.87. The van der Waals surface area contributed by atoms with Crippen molar-refractivity contribution in [3.63, 3.8) is 0 Å². The summed E-state index contributed by atoms with van der Waals surface area (Å²) in [5.74, 6) is -1.66. The zero-order valence-corrected chi connectivity index (χ0v) is 10.4. The van der Waals surface area contributed by atoms with Crippen LogP contribution in [0.25, 0.3) is 0 Å². The van der Waals surface area contributed by atoms with E-state index in [1.54, 1.807) is 0 Å². The van der Waals surface area contributed by atoms with E-state index >= 15 is 0 Å². The minimum atomic E-state index is -2.53. The summed E-state index contributed by atoms with van der Waals surface area (Å²) < 4.78 is 31.1. The van der Waals surface area contributed by atoms with E-state index < -0.39 is 5.92 Å². The largest absolute Gasteiger partial charge is 0.339 e. The molecule has 6 heteroatoms. The normalized spacial score (nSPS) is 22.6. The van der Waals surface area contributed by atoms with Crippen molar-refractivity contribution >= 4 is 11.6 Å². The van der Waals surface area contributed by atoms with Gasteiger partial charge in [0.1, 0.15) is 0 Å². The second kappa shape index (κ2) is 4.88. The highest BCUT2D eigenvalue weighted by Gasteiger charge is 2.37. The van der Waals surface area contributed by atoms with Gasteiger partial charge in [0, 0.05) is 18.8 Å². The number of aromatic nitrogens is 2. The summed E-state index contributed by atoms with van der Waals surface area (Å²) in [6.45, 7) is 1.93. The van der Waals surface area contributed by atoms with Gasteiger partial charge in [-0.1, -0.05) is 12.1 Å². The standard InChI is InChI=1S/C11H15ClF2N2O/c1-2-8(12)9-15-10(17-16-9)7-3-5-11(13,14)6-4-7/h7-8H,2-6H2,1H3. The van der Waals surface area contributed by atoms with Crippen molar-refractivity contribution in [3.05, 3.63) is 11.7 Å². The summed E-state index contributed by atoms with van der Waals surface area (Å²) in [4.78, 5) is 4.20. The average molecular weight is 265 g/mol. The number of hydrogen-bond acceptors (Lipinski definition) is 3. The predicted octanol–water partition coefficient (Wildman–Crippen LogP) is 4.05. The lowest BCUT2D eigenvalue weighted by Crippen LogP contribution is -2.23. The zero-order valence-electron chi connectivity index (χ0n) is 9.63. The van der Waals surface area contributed by atoms with Crippen LogP contribution in [0, 0.1) is 0 Å². The van der Waals surface area contributed by atoms with Crippen molar-refractivity contribution in [2.24, 2.45) is 0 Å². The van der Waals surface area contributed by atoms with E-state index in [0.717, 1.165) is 0 Å².